The minimum absolute atomic E-state index is 0.128. The summed E-state index contributed by atoms with van der Waals surface area (Å²) >= 11 is 0. The summed E-state index contributed by atoms with van der Waals surface area (Å²) in [5, 5.41) is 9.37. The molecule has 1 N–H and O–H groups in total. The number of aliphatic carboxylic acids is 1. The van der Waals surface area contributed by atoms with Gasteiger partial charge in [0.1, 0.15) is 5.82 Å². The van der Waals surface area contributed by atoms with Gasteiger partial charge in [-0.3, -0.25) is 14.7 Å². The van der Waals surface area contributed by atoms with E-state index in [1.54, 1.807) is 24.4 Å². The Bertz CT molecular complexity index is 670. The number of carboxylic acids is 1. The second kappa shape index (κ2) is 5.77. The Labute approximate surface area is 122 Å². The van der Waals surface area contributed by atoms with E-state index in [1.165, 1.54) is 6.07 Å². The molecule has 1 aromatic carbocycles. The molecular formula is C16H17FN2O2. The summed E-state index contributed by atoms with van der Waals surface area (Å²) < 4.78 is 13.8. The van der Waals surface area contributed by atoms with Crippen LogP contribution in [0.1, 0.15) is 24.8 Å². The number of rotatable bonds is 6. The Kier molecular flexibility index (Phi) is 3.84. The molecule has 0 amide bonds. The number of nitrogens with zero attached hydrogens (tertiary/aromatic N) is 2. The molecule has 1 saturated carbocycles. The van der Waals surface area contributed by atoms with Gasteiger partial charge in [-0.05, 0) is 36.6 Å². The van der Waals surface area contributed by atoms with Crippen LogP contribution in [0.5, 0.6) is 0 Å². The van der Waals surface area contributed by atoms with E-state index in [2.05, 4.69) is 9.88 Å². The number of hydrogen-bond donors (Lipinski definition) is 1. The molecule has 1 heterocycles. The molecule has 0 atom stereocenters. The largest absolute Gasteiger partial charge is 0.481 e. The minimum atomic E-state index is -0.789. The van der Waals surface area contributed by atoms with Gasteiger partial charge in [0, 0.05) is 30.7 Å². The molecule has 1 aromatic heterocycles. The van der Waals surface area contributed by atoms with Crippen molar-refractivity contribution in [3.63, 3.8) is 0 Å². The summed E-state index contributed by atoms with van der Waals surface area (Å²) in [6.07, 6.45) is 3.99. The normalized spacial score (nSPS) is 14.8. The van der Waals surface area contributed by atoms with Crippen LogP contribution in [0.3, 0.4) is 0 Å². The molecule has 4 nitrogen and oxygen atoms in total. The molecule has 0 spiro atoms. The van der Waals surface area contributed by atoms with Gasteiger partial charge in [0.25, 0.3) is 0 Å². The first-order valence-corrected chi connectivity index (χ1v) is 7.13. The highest BCUT2D eigenvalue weighted by atomic mass is 19.1. The van der Waals surface area contributed by atoms with Crippen molar-refractivity contribution in [3.8, 4) is 0 Å². The summed E-state index contributed by atoms with van der Waals surface area (Å²) in [7, 11) is 0. The maximum absolute atomic E-state index is 13.8. The monoisotopic (exact) mass is 288 g/mol. The van der Waals surface area contributed by atoms with Crippen LogP contribution in [0.25, 0.3) is 10.9 Å². The molecule has 0 aliphatic heterocycles. The fraction of sp³-hybridized carbons (Fsp3) is 0.375. The second-order valence-corrected chi connectivity index (χ2v) is 5.45. The van der Waals surface area contributed by atoms with E-state index in [9.17, 15) is 9.18 Å². The molecule has 1 aliphatic rings. The standard InChI is InChI=1S/C16H17FN2O2/c17-14-6-3-11(16-13(14)2-1-8-18-16)10-19(12-4-5-12)9-7-15(20)21/h1-3,6,8,12H,4-5,7,9-10H2,(H,20,21). The average molecular weight is 288 g/mol. The van der Waals surface area contributed by atoms with Crippen molar-refractivity contribution in [1.82, 2.24) is 9.88 Å². The van der Waals surface area contributed by atoms with E-state index >= 15 is 0 Å². The molecule has 0 saturated heterocycles. The summed E-state index contributed by atoms with van der Waals surface area (Å²) in [5.41, 5.74) is 1.61. The maximum Gasteiger partial charge on any atom is 0.304 e. The number of halogens is 1. The van der Waals surface area contributed by atoms with Crippen molar-refractivity contribution < 1.29 is 14.3 Å². The highest BCUT2D eigenvalue weighted by molar-refractivity contribution is 5.82. The molecule has 1 aliphatic carbocycles. The number of pyridine rings is 1. The Morgan fingerprint density at radius 1 is 1.38 bits per heavy atom. The number of aromatic nitrogens is 1. The summed E-state index contributed by atoms with van der Waals surface area (Å²) in [4.78, 5) is 17.2. The maximum atomic E-state index is 13.8. The third-order valence-electron chi connectivity index (χ3n) is 3.85. The Morgan fingerprint density at radius 3 is 2.90 bits per heavy atom. The first-order chi connectivity index (χ1) is 10.1. The van der Waals surface area contributed by atoms with E-state index in [0.29, 0.717) is 30.0 Å². The second-order valence-electron chi connectivity index (χ2n) is 5.45. The van der Waals surface area contributed by atoms with Gasteiger partial charge in [-0.25, -0.2) is 4.39 Å². The van der Waals surface area contributed by atoms with Crippen LogP contribution >= 0.6 is 0 Å². The van der Waals surface area contributed by atoms with Crippen molar-refractivity contribution in [2.45, 2.75) is 31.8 Å². The lowest BCUT2D eigenvalue weighted by molar-refractivity contribution is -0.137. The number of benzene rings is 1. The zero-order valence-electron chi connectivity index (χ0n) is 11.6. The van der Waals surface area contributed by atoms with Crippen LogP contribution in [-0.4, -0.2) is 33.5 Å². The highest BCUT2D eigenvalue weighted by Crippen LogP contribution is 2.30. The van der Waals surface area contributed by atoms with Crippen molar-refractivity contribution in [2.24, 2.45) is 0 Å². The summed E-state index contributed by atoms with van der Waals surface area (Å²) in [6.45, 7) is 1.14. The Morgan fingerprint density at radius 2 is 2.19 bits per heavy atom. The quantitative estimate of drug-likeness (QED) is 0.888. The van der Waals surface area contributed by atoms with Gasteiger partial charge in [0.15, 0.2) is 0 Å². The number of carbonyl (C=O) groups is 1. The van der Waals surface area contributed by atoms with Gasteiger partial charge < -0.3 is 5.11 Å². The van der Waals surface area contributed by atoms with Crippen molar-refractivity contribution in [1.29, 1.82) is 0 Å². The molecule has 2 aromatic rings. The van der Waals surface area contributed by atoms with Crippen LogP contribution < -0.4 is 0 Å². The zero-order chi connectivity index (χ0) is 14.8. The number of carboxylic acid groups (broad SMARTS) is 1. The molecule has 1 fully saturated rings. The van der Waals surface area contributed by atoms with E-state index in [4.69, 9.17) is 5.11 Å². The lowest BCUT2D eigenvalue weighted by atomic mass is 10.1. The fourth-order valence-electron chi connectivity index (χ4n) is 2.61. The van der Waals surface area contributed by atoms with Crippen LogP contribution in [0, 0.1) is 5.82 Å². The molecule has 0 unspecified atom stereocenters. The van der Waals surface area contributed by atoms with Crippen LogP contribution in [-0.2, 0) is 11.3 Å². The lowest BCUT2D eigenvalue weighted by Crippen LogP contribution is -2.28. The first-order valence-electron chi connectivity index (χ1n) is 7.13. The molecule has 0 radical (unpaired) electrons. The van der Waals surface area contributed by atoms with Gasteiger partial charge in [-0.2, -0.15) is 0 Å². The Balaban J connectivity index is 1.85. The lowest BCUT2D eigenvalue weighted by Gasteiger charge is -2.21. The zero-order valence-corrected chi connectivity index (χ0v) is 11.6. The average Bonchev–Trinajstić information content (AvgIpc) is 3.30. The molecule has 0 bridgehead atoms. The van der Waals surface area contributed by atoms with Gasteiger partial charge in [-0.1, -0.05) is 6.07 Å². The fourth-order valence-corrected chi connectivity index (χ4v) is 2.61. The molecule has 5 heteroatoms. The van der Waals surface area contributed by atoms with E-state index < -0.39 is 5.97 Å². The predicted molar refractivity (Wildman–Crippen MR) is 77.4 cm³/mol. The molecule has 21 heavy (non-hydrogen) atoms. The predicted octanol–water partition coefficient (Wildman–Crippen LogP) is 2.81. The minimum Gasteiger partial charge on any atom is -0.481 e. The topological polar surface area (TPSA) is 53.4 Å². The third-order valence-corrected chi connectivity index (χ3v) is 3.85. The Hall–Kier alpha value is -2.01. The molecule has 3 rings (SSSR count). The SMILES string of the molecule is O=C(O)CCN(Cc1ccc(F)c2cccnc12)C1CC1. The van der Waals surface area contributed by atoms with Crippen molar-refractivity contribution in [2.75, 3.05) is 6.54 Å². The van der Waals surface area contributed by atoms with Crippen molar-refractivity contribution >= 4 is 16.9 Å². The van der Waals surface area contributed by atoms with Crippen molar-refractivity contribution in [3.05, 3.63) is 41.8 Å². The van der Waals surface area contributed by atoms with E-state index in [1.807, 2.05) is 0 Å². The molecule has 110 valence electrons. The van der Waals surface area contributed by atoms with Gasteiger partial charge >= 0.3 is 5.97 Å². The summed E-state index contributed by atoms with van der Waals surface area (Å²) in [6, 6.07) is 7.11. The number of fused-ring (bicyclic) bond motifs is 1. The van der Waals surface area contributed by atoms with Crippen LogP contribution in [0.15, 0.2) is 30.5 Å². The number of hydrogen-bond acceptors (Lipinski definition) is 3. The van der Waals surface area contributed by atoms with Crippen LogP contribution in [0.4, 0.5) is 4.39 Å². The van der Waals surface area contributed by atoms with E-state index in [-0.39, 0.29) is 12.2 Å². The van der Waals surface area contributed by atoms with Crippen LogP contribution in [0.2, 0.25) is 0 Å². The van der Waals surface area contributed by atoms with Gasteiger partial charge in [0.2, 0.25) is 0 Å². The smallest absolute Gasteiger partial charge is 0.304 e. The third kappa shape index (κ3) is 3.19. The summed E-state index contributed by atoms with van der Waals surface area (Å²) in [5.74, 6) is -1.06. The van der Waals surface area contributed by atoms with Gasteiger partial charge in [-0.15, -0.1) is 0 Å². The van der Waals surface area contributed by atoms with E-state index in [0.717, 1.165) is 18.4 Å². The first kappa shape index (κ1) is 13.9. The highest BCUT2D eigenvalue weighted by Gasteiger charge is 2.29. The molecular weight excluding hydrogens is 271 g/mol. The van der Waals surface area contributed by atoms with Gasteiger partial charge in [0.05, 0.1) is 11.9 Å².